The molecule has 0 bridgehead atoms. The summed E-state index contributed by atoms with van der Waals surface area (Å²) in [5.74, 6) is 0.569. The minimum Gasteiger partial charge on any atom is -0.445 e. The van der Waals surface area contributed by atoms with E-state index in [0.29, 0.717) is 5.89 Å². The molecule has 0 amide bonds. The van der Waals surface area contributed by atoms with Gasteiger partial charge < -0.3 is 14.5 Å². The fraction of sp³-hybridized carbons (Fsp3) is 0.364. The first-order chi connectivity index (χ1) is 7.36. The van der Waals surface area contributed by atoms with Crippen molar-refractivity contribution in [2.24, 2.45) is 0 Å². The molecule has 1 aliphatic heterocycles. The van der Waals surface area contributed by atoms with Crippen LogP contribution in [0.4, 0.5) is 0 Å². The van der Waals surface area contributed by atoms with Gasteiger partial charge in [-0.05, 0) is 6.08 Å². The maximum atomic E-state index is 5.25. The van der Waals surface area contributed by atoms with Crippen molar-refractivity contribution in [1.82, 2.24) is 10.3 Å². The Balaban J connectivity index is 0.000000151. The van der Waals surface area contributed by atoms with Crippen LogP contribution in [0.15, 0.2) is 36.1 Å². The molecule has 4 nitrogen and oxygen atoms in total. The van der Waals surface area contributed by atoms with Crippen LogP contribution in [0.2, 0.25) is 0 Å². The van der Waals surface area contributed by atoms with E-state index < -0.39 is 0 Å². The van der Waals surface area contributed by atoms with Crippen LogP contribution in [-0.2, 0) is 4.74 Å². The Labute approximate surface area is 89.6 Å². The zero-order chi connectivity index (χ0) is 10.9. The van der Waals surface area contributed by atoms with Crippen LogP contribution in [0.5, 0.6) is 0 Å². The van der Waals surface area contributed by atoms with Gasteiger partial charge in [-0.15, -0.1) is 6.58 Å². The zero-order valence-electron chi connectivity index (χ0n) is 8.69. The highest BCUT2D eigenvalue weighted by Crippen LogP contribution is 1.94. The number of hydrogen-bond donors (Lipinski definition) is 1. The van der Waals surface area contributed by atoms with Crippen molar-refractivity contribution in [3.8, 4) is 0 Å². The molecule has 2 heterocycles. The predicted octanol–water partition coefficient (Wildman–Crippen LogP) is 1.48. The van der Waals surface area contributed by atoms with Gasteiger partial charge >= 0.3 is 0 Å². The lowest BCUT2D eigenvalue weighted by Crippen LogP contribution is -2.37. The molecule has 0 saturated carbocycles. The Morgan fingerprint density at radius 3 is 2.73 bits per heavy atom. The number of morpholine rings is 1. The van der Waals surface area contributed by atoms with Gasteiger partial charge in [-0.25, -0.2) is 4.98 Å². The second kappa shape index (κ2) is 6.98. The average Bonchev–Trinajstić information content (AvgIpc) is 2.84. The van der Waals surface area contributed by atoms with Crippen LogP contribution < -0.4 is 5.32 Å². The quantitative estimate of drug-likeness (QED) is 0.748. The molecule has 0 aliphatic carbocycles. The SMILES string of the molecule is C=CC1CNCCO1.C=Cc1ncco1. The second-order valence-corrected chi connectivity index (χ2v) is 2.92. The van der Waals surface area contributed by atoms with E-state index in [9.17, 15) is 0 Å². The molecule has 0 radical (unpaired) electrons. The Hall–Kier alpha value is -1.39. The molecule has 1 unspecified atom stereocenters. The van der Waals surface area contributed by atoms with Gasteiger partial charge in [0, 0.05) is 13.1 Å². The monoisotopic (exact) mass is 208 g/mol. The molecule has 1 saturated heterocycles. The molecule has 1 atom stereocenters. The van der Waals surface area contributed by atoms with Gasteiger partial charge in [-0.1, -0.05) is 12.7 Å². The molecule has 0 spiro atoms. The van der Waals surface area contributed by atoms with Gasteiger partial charge in [0.25, 0.3) is 0 Å². The number of hydrogen-bond acceptors (Lipinski definition) is 4. The van der Waals surface area contributed by atoms with E-state index >= 15 is 0 Å². The van der Waals surface area contributed by atoms with Crippen LogP contribution in [0.25, 0.3) is 6.08 Å². The number of ether oxygens (including phenoxy) is 1. The van der Waals surface area contributed by atoms with Gasteiger partial charge in [0.1, 0.15) is 6.26 Å². The highest BCUT2D eigenvalue weighted by Gasteiger charge is 2.06. The van der Waals surface area contributed by atoms with E-state index in [4.69, 9.17) is 9.15 Å². The molecule has 1 aromatic heterocycles. The summed E-state index contributed by atoms with van der Waals surface area (Å²) in [4.78, 5) is 3.75. The Morgan fingerprint density at radius 1 is 1.53 bits per heavy atom. The van der Waals surface area contributed by atoms with Crippen molar-refractivity contribution in [3.63, 3.8) is 0 Å². The molecule has 0 aromatic carbocycles. The standard InChI is InChI=1S/C6H11NO.C5H5NO/c1-2-6-5-7-3-4-8-6;1-2-5-6-3-4-7-5/h2,6-7H,1,3-5H2;2-4H,1H2. The molecule has 2 rings (SSSR count). The third-order valence-corrected chi connectivity index (χ3v) is 1.85. The summed E-state index contributed by atoms with van der Waals surface area (Å²) < 4.78 is 10.0. The molecule has 1 fully saturated rings. The van der Waals surface area contributed by atoms with Gasteiger partial charge in [-0.2, -0.15) is 0 Å². The number of nitrogens with one attached hydrogen (secondary N) is 1. The lowest BCUT2D eigenvalue weighted by Gasteiger charge is -2.19. The Bertz CT molecular complexity index is 277. The lowest BCUT2D eigenvalue weighted by molar-refractivity contribution is 0.0594. The van der Waals surface area contributed by atoms with E-state index in [1.165, 1.54) is 6.26 Å². The van der Waals surface area contributed by atoms with Crippen molar-refractivity contribution < 1.29 is 9.15 Å². The number of aromatic nitrogens is 1. The molecule has 1 N–H and O–H groups in total. The summed E-state index contributed by atoms with van der Waals surface area (Å²) in [5, 5.41) is 3.19. The molecule has 15 heavy (non-hydrogen) atoms. The molecular formula is C11H16N2O2. The van der Waals surface area contributed by atoms with Gasteiger partial charge in [-0.3, -0.25) is 0 Å². The first-order valence-corrected chi connectivity index (χ1v) is 4.83. The summed E-state index contributed by atoms with van der Waals surface area (Å²) in [6, 6.07) is 0. The highest BCUT2D eigenvalue weighted by molar-refractivity contribution is 5.32. The Kier molecular flexibility index (Phi) is 5.43. The van der Waals surface area contributed by atoms with Crippen LogP contribution >= 0.6 is 0 Å². The van der Waals surface area contributed by atoms with Crippen molar-refractivity contribution >= 4 is 6.08 Å². The first-order valence-electron chi connectivity index (χ1n) is 4.83. The first kappa shape index (κ1) is 11.7. The smallest absolute Gasteiger partial charge is 0.217 e. The van der Waals surface area contributed by atoms with Crippen LogP contribution in [-0.4, -0.2) is 30.8 Å². The van der Waals surface area contributed by atoms with Crippen molar-refractivity contribution in [2.75, 3.05) is 19.7 Å². The van der Waals surface area contributed by atoms with Gasteiger partial charge in [0.2, 0.25) is 5.89 Å². The third-order valence-electron chi connectivity index (χ3n) is 1.85. The maximum Gasteiger partial charge on any atom is 0.217 e. The fourth-order valence-corrected chi connectivity index (χ4v) is 1.07. The van der Waals surface area contributed by atoms with Crippen molar-refractivity contribution in [3.05, 3.63) is 37.6 Å². The summed E-state index contributed by atoms with van der Waals surface area (Å²) >= 11 is 0. The maximum absolute atomic E-state index is 5.25. The largest absolute Gasteiger partial charge is 0.445 e. The van der Waals surface area contributed by atoms with E-state index in [1.54, 1.807) is 12.3 Å². The summed E-state index contributed by atoms with van der Waals surface area (Å²) in [5.41, 5.74) is 0. The van der Waals surface area contributed by atoms with Crippen molar-refractivity contribution in [1.29, 1.82) is 0 Å². The fourth-order valence-electron chi connectivity index (χ4n) is 1.07. The normalized spacial score (nSPS) is 19.9. The molecular weight excluding hydrogens is 192 g/mol. The van der Waals surface area contributed by atoms with E-state index in [2.05, 4.69) is 23.5 Å². The van der Waals surface area contributed by atoms with Crippen LogP contribution in [0.1, 0.15) is 5.89 Å². The number of oxazole rings is 1. The van der Waals surface area contributed by atoms with E-state index in [-0.39, 0.29) is 6.10 Å². The number of rotatable bonds is 2. The van der Waals surface area contributed by atoms with Gasteiger partial charge in [0.05, 0.1) is 18.9 Å². The lowest BCUT2D eigenvalue weighted by atomic mass is 10.3. The third kappa shape index (κ3) is 4.58. The van der Waals surface area contributed by atoms with Crippen LogP contribution in [0.3, 0.4) is 0 Å². The zero-order valence-corrected chi connectivity index (χ0v) is 8.69. The highest BCUT2D eigenvalue weighted by atomic mass is 16.5. The average molecular weight is 208 g/mol. The minimum absolute atomic E-state index is 0.240. The van der Waals surface area contributed by atoms with E-state index in [1.807, 2.05) is 6.08 Å². The summed E-state index contributed by atoms with van der Waals surface area (Å²) in [7, 11) is 0. The minimum atomic E-state index is 0.240. The summed E-state index contributed by atoms with van der Waals surface area (Å²) in [6.45, 7) is 9.78. The topological polar surface area (TPSA) is 47.3 Å². The molecule has 1 aliphatic rings. The van der Waals surface area contributed by atoms with Gasteiger partial charge in [0.15, 0.2) is 0 Å². The molecule has 4 heteroatoms. The molecule has 82 valence electrons. The van der Waals surface area contributed by atoms with Crippen molar-refractivity contribution in [2.45, 2.75) is 6.10 Å². The van der Waals surface area contributed by atoms with Crippen LogP contribution in [0, 0.1) is 0 Å². The number of nitrogens with zero attached hydrogens (tertiary/aromatic N) is 1. The van der Waals surface area contributed by atoms with E-state index in [0.717, 1.165) is 19.7 Å². The second-order valence-electron chi connectivity index (χ2n) is 2.92. The predicted molar refractivity (Wildman–Crippen MR) is 59.4 cm³/mol. The molecule has 1 aromatic rings. The Morgan fingerprint density at radius 2 is 2.40 bits per heavy atom. The summed E-state index contributed by atoms with van der Waals surface area (Å²) in [6.07, 6.45) is 6.71.